The molecule has 86 valence electrons. The van der Waals surface area contributed by atoms with Gasteiger partial charge in [-0.1, -0.05) is 19.0 Å². The lowest BCUT2D eigenvalue weighted by molar-refractivity contribution is -0.136. The van der Waals surface area contributed by atoms with E-state index in [9.17, 15) is 9.59 Å². The maximum atomic E-state index is 11.9. The van der Waals surface area contributed by atoms with Crippen molar-refractivity contribution in [2.24, 2.45) is 5.41 Å². The fraction of sp³-hybridized carbons (Fsp3) is 0.545. The number of carbonyl (C=O) groups is 2. The van der Waals surface area contributed by atoms with Crippen LogP contribution in [0.15, 0.2) is 4.52 Å². The van der Waals surface area contributed by atoms with E-state index in [1.807, 2.05) is 13.8 Å². The maximum absolute atomic E-state index is 11.9. The molecule has 1 aromatic rings. The zero-order valence-corrected chi connectivity index (χ0v) is 9.24. The van der Waals surface area contributed by atoms with Gasteiger partial charge in [-0.3, -0.25) is 9.59 Å². The van der Waals surface area contributed by atoms with Crippen LogP contribution in [0.3, 0.4) is 0 Å². The minimum atomic E-state index is -1.01. The topological polar surface area (TPSA) is 80.4 Å². The smallest absolute Gasteiger partial charge is 0.309 e. The number of carboxylic acid groups (broad SMARTS) is 1. The van der Waals surface area contributed by atoms with E-state index in [1.165, 1.54) is 0 Å². The van der Waals surface area contributed by atoms with Crippen LogP contribution in [0.25, 0.3) is 0 Å². The zero-order chi connectivity index (χ0) is 11.9. The summed E-state index contributed by atoms with van der Waals surface area (Å²) < 4.78 is 5.06. The summed E-state index contributed by atoms with van der Waals surface area (Å²) >= 11 is 0. The lowest BCUT2D eigenvalue weighted by atomic mass is 9.76. The SMILES string of the molecule is CC1(C)CC(=O)c2c(CC(=O)O)noc2C1. The Bertz CT molecular complexity index is 459. The van der Waals surface area contributed by atoms with Crippen LogP contribution in [0.5, 0.6) is 0 Å². The van der Waals surface area contributed by atoms with Crippen LogP contribution in [0.2, 0.25) is 0 Å². The summed E-state index contributed by atoms with van der Waals surface area (Å²) in [6, 6.07) is 0. The van der Waals surface area contributed by atoms with Gasteiger partial charge >= 0.3 is 5.97 Å². The molecule has 16 heavy (non-hydrogen) atoms. The van der Waals surface area contributed by atoms with Crippen LogP contribution in [0, 0.1) is 5.41 Å². The molecular formula is C11H13NO4. The van der Waals surface area contributed by atoms with Gasteiger partial charge in [-0.25, -0.2) is 0 Å². The average molecular weight is 223 g/mol. The number of carbonyl (C=O) groups excluding carboxylic acids is 1. The molecule has 5 nitrogen and oxygen atoms in total. The van der Waals surface area contributed by atoms with Crippen LogP contribution in [-0.2, 0) is 17.6 Å². The van der Waals surface area contributed by atoms with Crippen LogP contribution in [-0.4, -0.2) is 22.0 Å². The fourth-order valence-corrected chi connectivity index (χ4v) is 2.08. The number of carboxylic acids is 1. The van der Waals surface area contributed by atoms with E-state index in [4.69, 9.17) is 9.63 Å². The summed E-state index contributed by atoms with van der Waals surface area (Å²) in [6.45, 7) is 3.96. The molecule has 1 N–H and O–H groups in total. The quantitative estimate of drug-likeness (QED) is 0.820. The summed E-state index contributed by atoms with van der Waals surface area (Å²) in [7, 11) is 0. The molecule has 1 heterocycles. The average Bonchev–Trinajstić information content (AvgIpc) is 2.44. The molecule has 0 aromatic carbocycles. The number of rotatable bonds is 2. The van der Waals surface area contributed by atoms with Gasteiger partial charge < -0.3 is 9.63 Å². The third-order valence-electron chi connectivity index (χ3n) is 2.71. The Morgan fingerprint density at radius 3 is 2.81 bits per heavy atom. The first-order valence-corrected chi connectivity index (χ1v) is 5.11. The number of nitrogens with zero attached hydrogens (tertiary/aromatic N) is 1. The van der Waals surface area contributed by atoms with E-state index in [2.05, 4.69) is 5.16 Å². The van der Waals surface area contributed by atoms with Crippen molar-refractivity contribution in [1.29, 1.82) is 0 Å². The molecule has 1 aromatic heterocycles. The second kappa shape index (κ2) is 3.43. The van der Waals surface area contributed by atoms with E-state index in [0.717, 1.165) is 0 Å². The van der Waals surface area contributed by atoms with Gasteiger partial charge in [0.05, 0.1) is 12.0 Å². The number of aromatic nitrogens is 1. The van der Waals surface area contributed by atoms with Crippen molar-refractivity contribution in [3.63, 3.8) is 0 Å². The molecule has 1 aliphatic rings. The molecule has 0 unspecified atom stereocenters. The second-order valence-electron chi connectivity index (χ2n) is 4.94. The molecule has 0 bridgehead atoms. The molecule has 0 radical (unpaired) electrons. The molecule has 5 heteroatoms. The van der Waals surface area contributed by atoms with Crippen LogP contribution in [0.1, 0.15) is 42.1 Å². The highest BCUT2D eigenvalue weighted by Gasteiger charge is 2.36. The first-order valence-electron chi connectivity index (χ1n) is 5.11. The van der Waals surface area contributed by atoms with Gasteiger partial charge in [0, 0.05) is 12.8 Å². The highest BCUT2D eigenvalue weighted by molar-refractivity contribution is 6.00. The van der Waals surface area contributed by atoms with E-state index in [1.54, 1.807) is 0 Å². The summed E-state index contributed by atoms with van der Waals surface area (Å²) in [5, 5.41) is 12.4. The van der Waals surface area contributed by atoms with Crippen LogP contribution in [0.4, 0.5) is 0 Å². The maximum Gasteiger partial charge on any atom is 0.309 e. The first kappa shape index (κ1) is 10.9. The number of aliphatic carboxylic acids is 1. The summed E-state index contributed by atoms with van der Waals surface area (Å²) in [5.74, 6) is -0.546. The largest absolute Gasteiger partial charge is 0.481 e. The molecule has 0 saturated carbocycles. The van der Waals surface area contributed by atoms with Gasteiger partial charge in [-0.15, -0.1) is 0 Å². The standard InChI is InChI=1S/C11H13NO4/c1-11(2)4-7(13)10-6(3-9(14)15)12-16-8(10)5-11/h3-5H2,1-2H3,(H,14,15). The Morgan fingerprint density at radius 1 is 1.50 bits per heavy atom. The summed E-state index contributed by atoms with van der Waals surface area (Å²) in [5.41, 5.74) is 0.508. The molecule has 0 amide bonds. The predicted octanol–water partition coefficient (Wildman–Crippen LogP) is 1.46. The molecular weight excluding hydrogens is 210 g/mol. The van der Waals surface area contributed by atoms with Crippen molar-refractivity contribution in [3.05, 3.63) is 17.0 Å². The minimum absolute atomic E-state index is 0.0660. The van der Waals surface area contributed by atoms with Gasteiger partial charge in [0.1, 0.15) is 11.5 Å². The van der Waals surface area contributed by atoms with E-state index in [-0.39, 0.29) is 23.3 Å². The Morgan fingerprint density at radius 2 is 2.19 bits per heavy atom. The van der Waals surface area contributed by atoms with Crippen molar-refractivity contribution in [2.75, 3.05) is 0 Å². The Balaban J connectivity index is 2.39. The van der Waals surface area contributed by atoms with Crippen molar-refractivity contribution in [2.45, 2.75) is 33.1 Å². The van der Waals surface area contributed by atoms with Crippen molar-refractivity contribution in [1.82, 2.24) is 5.16 Å². The lowest BCUT2D eigenvalue weighted by Crippen LogP contribution is -2.26. The third kappa shape index (κ3) is 1.85. The monoisotopic (exact) mass is 223 g/mol. The van der Waals surface area contributed by atoms with Gasteiger partial charge in [-0.2, -0.15) is 0 Å². The van der Waals surface area contributed by atoms with Gasteiger partial charge in [0.15, 0.2) is 5.78 Å². The normalized spacial score (nSPS) is 18.2. The Kier molecular flexibility index (Phi) is 2.33. The van der Waals surface area contributed by atoms with Crippen LogP contribution < -0.4 is 0 Å². The van der Waals surface area contributed by atoms with E-state index >= 15 is 0 Å². The molecule has 0 spiro atoms. The highest BCUT2D eigenvalue weighted by Crippen LogP contribution is 2.36. The van der Waals surface area contributed by atoms with E-state index < -0.39 is 5.97 Å². The number of ketones is 1. The predicted molar refractivity (Wildman–Crippen MR) is 54.3 cm³/mol. The number of Topliss-reactive ketones (excluding diaryl/α,β-unsaturated/α-hetero) is 1. The number of hydrogen-bond donors (Lipinski definition) is 1. The molecule has 0 aliphatic heterocycles. The first-order chi connectivity index (χ1) is 7.39. The minimum Gasteiger partial charge on any atom is -0.481 e. The lowest BCUT2D eigenvalue weighted by Gasteiger charge is -2.26. The molecule has 0 fully saturated rings. The van der Waals surface area contributed by atoms with Crippen LogP contribution >= 0.6 is 0 Å². The van der Waals surface area contributed by atoms with Gasteiger partial charge in [0.25, 0.3) is 0 Å². The second-order valence-corrected chi connectivity index (χ2v) is 4.94. The Hall–Kier alpha value is -1.65. The molecule has 2 rings (SSSR count). The highest BCUT2D eigenvalue weighted by atomic mass is 16.5. The van der Waals surface area contributed by atoms with Gasteiger partial charge in [-0.05, 0) is 5.41 Å². The van der Waals surface area contributed by atoms with Crippen molar-refractivity contribution in [3.8, 4) is 0 Å². The summed E-state index contributed by atoms with van der Waals surface area (Å²) in [6.07, 6.45) is 0.777. The summed E-state index contributed by atoms with van der Waals surface area (Å²) in [4.78, 5) is 22.5. The number of fused-ring (bicyclic) bond motifs is 1. The third-order valence-corrected chi connectivity index (χ3v) is 2.71. The molecule has 0 atom stereocenters. The number of hydrogen-bond acceptors (Lipinski definition) is 4. The van der Waals surface area contributed by atoms with E-state index in [0.29, 0.717) is 24.2 Å². The fourth-order valence-electron chi connectivity index (χ4n) is 2.08. The Labute approximate surface area is 92.4 Å². The van der Waals surface area contributed by atoms with Gasteiger partial charge in [0.2, 0.25) is 0 Å². The van der Waals surface area contributed by atoms with Crippen molar-refractivity contribution < 1.29 is 19.2 Å². The van der Waals surface area contributed by atoms with Crippen molar-refractivity contribution >= 4 is 11.8 Å². The molecule has 1 aliphatic carbocycles. The zero-order valence-electron chi connectivity index (χ0n) is 9.24. The molecule has 0 saturated heterocycles.